The molecule has 0 spiro atoms. The van der Waals surface area contributed by atoms with Crippen LogP contribution in [-0.2, 0) is 19.8 Å². The molecule has 2 aromatic heterocycles. The lowest BCUT2D eigenvalue weighted by Crippen LogP contribution is -2.37. The van der Waals surface area contributed by atoms with E-state index >= 15 is 0 Å². The Kier molecular flexibility index (Phi) is 8.34. The summed E-state index contributed by atoms with van der Waals surface area (Å²) in [4.78, 5) is 17.2. The van der Waals surface area contributed by atoms with Gasteiger partial charge >= 0.3 is 6.18 Å². The zero-order valence-electron chi connectivity index (χ0n) is 21.4. The van der Waals surface area contributed by atoms with Gasteiger partial charge in [-0.1, -0.05) is 13.8 Å². The second-order valence-electron chi connectivity index (χ2n) is 9.11. The van der Waals surface area contributed by atoms with Crippen LogP contribution in [0, 0.1) is 19.3 Å². The number of hydrogen-bond donors (Lipinski definition) is 4. The van der Waals surface area contributed by atoms with Gasteiger partial charge in [0.25, 0.3) is 5.91 Å². The summed E-state index contributed by atoms with van der Waals surface area (Å²) < 4.78 is 42.0. The van der Waals surface area contributed by atoms with Gasteiger partial charge in [-0.3, -0.25) is 14.5 Å². The molecule has 0 saturated carbocycles. The number of benzene rings is 1. The number of alkyl halides is 3. The number of nitrogens with two attached hydrogens (primary N) is 1. The maximum atomic E-state index is 13.5. The second kappa shape index (κ2) is 11.1. The summed E-state index contributed by atoms with van der Waals surface area (Å²) in [5.74, 6) is 5.58. The number of nitrogens with one attached hydrogen (secondary N) is 3. The Bertz CT molecular complexity index is 1300. The van der Waals surface area contributed by atoms with Crippen molar-refractivity contribution in [1.29, 1.82) is 5.41 Å². The number of hydrazine groups is 1. The van der Waals surface area contributed by atoms with Crippen molar-refractivity contribution in [1.82, 2.24) is 20.1 Å². The van der Waals surface area contributed by atoms with Gasteiger partial charge in [-0.2, -0.15) is 18.3 Å². The Labute approximate surface area is 213 Å². The lowest BCUT2D eigenvalue weighted by Gasteiger charge is -2.21. The van der Waals surface area contributed by atoms with Gasteiger partial charge in [0.2, 0.25) is 0 Å². The Morgan fingerprint density at radius 3 is 2.49 bits per heavy atom. The predicted molar refractivity (Wildman–Crippen MR) is 137 cm³/mol. The summed E-state index contributed by atoms with van der Waals surface area (Å²) in [5.41, 5.74) is 2.27. The van der Waals surface area contributed by atoms with Crippen LogP contribution in [0.2, 0.25) is 0 Å². The SMILES string of the molecule is Cc1ncc(C(=O)Nc2cc(CNC(C)C)cc(C(F)(F)F)c2)cc1N(N)CC(=N)c1cnn(C)c1C. The molecule has 0 aliphatic rings. The van der Waals surface area contributed by atoms with Crippen molar-refractivity contribution in [2.45, 2.75) is 46.5 Å². The minimum atomic E-state index is -4.57. The highest BCUT2D eigenvalue weighted by Crippen LogP contribution is 2.32. The maximum absolute atomic E-state index is 13.5. The number of pyridine rings is 1. The van der Waals surface area contributed by atoms with Gasteiger partial charge in [-0.05, 0) is 43.7 Å². The van der Waals surface area contributed by atoms with Gasteiger partial charge in [0, 0.05) is 42.8 Å². The molecule has 0 bridgehead atoms. The van der Waals surface area contributed by atoms with Gasteiger partial charge in [0.15, 0.2) is 0 Å². The smallest absolute Gasteiger partial charge is 0.322 e. The second-order valence-corrected chi connectivity index (χ2v) is 9.11. The quantitative estimate of drug-likeness (QED) is 0.194. The molecule has 198 valence electrons. The number of carbonyl (C=O) groups is 1. The molecule has 0 aliphatic heterocycles. The number of hydrogen-bond acceptors (Lipinski definition) is 7. The lowest BCUT2D eigenvalue weighted by atomic mass is 10.1. The molecule has 3 rings (SSSR count). The number of nitrogens with zero attached hydrogens (tertiary/aromatic N) is 4. The topological polar surface area (TPSA) is 125 Å². The number of rotatable bonds is 9. The third-order valence-corrected chi connectivity index (χ3v) is 5.81. The van der Waals surface area contributed by atoms with E-state index < -0.39 is 17.6 Å². The monoisotopic (exact) mass is 516 g/mol. The molecule has 9 nitrogen and oxygen atoms in total. The Hall–Kier alpha value is -3.77. The summed E-state index contributed by atoms with van der Waals surface area (Å²) >= 11 is 0. The molecule has 2 heterocycles. The van der Waals surface area contributed by atoms with E-state index in [0.29, 0.717) is 22.5 Å². The minimum absolute atomic E-state index is 0.0148. The zero-order chi connectivity index (χ0) is 27.5. The maximum Gasteiger partial charge on any atom is 0.416 e. The van der Waals surface area contributed by atoms with Gasteiger partial charge < -0.3 is 21.1 Å². The van der Waals surface area contributed by atoms with E-state index in [1.54, 1.807) is 24.9 Å². The standard InChI is InChI=1S/C25H31F3N8O/c1-14(2)31-10-17-6-19(25(26,27)28)9-20(7-17)34-24(37)18-8-23(15(3)32-11-18)36(30)13-22(29)21-12-33-35(5)16(21)4/h6-9,11-12,14,29,31H,10,13,30H2,1-5H3,(H,34,37). The van der Waals surface area contributed by atoms with Crippen LogP contribution in [0.25, 0.3) is 0 Å². The summed E-state index contributed by atoms with van der Waals surface area (Å²) in [7, 11) is 1.77. The van der Waals surface area contributed by atoms with Crippen molar-refractivity contribution in [3.63, 3.8) is 0 Å². The van der Waals surface area contributed by atoms with Crippen molar-refractivity contribution in [3.05, 3.63) is 70.3 Å². The first-order valence-corrected chi connectivity index (χ1v) is 11.6. The molecule has 0 saturated heterocycles. The van der Waals surface area contributed by atoms with E-state index in [4.69, 9.17) is 11.3 Å². The Morgan fingerprint density at radius 2 is 1.89 bits per heavy atom. The fourth-order valence-electron chi connectivity index (χ4n) is 3.63. The number of halogens is 3. The van der Waals surface area contributed by atoms with Crippen molar-refractivity contribution in [2.75, 3.05) is 16.9 Å². The normalized spacial score (nSPS) is 11.6. The van der Waals surface area contributed by atoms with E-state index in [0.717, 1.165) is 17.8 Å². The number of carbonyl (C=O) groups excluding carboxylic acids is 1. The Morgan fingerprint density at radius 1 is 1.19 bits per heavy atom. The third-order valence-electron chi connectivity index (χ3n) is 5.81. The first kappa shape index (κ1) is 27.8. The van der Waals surface area contributed by atoms with Crippen LogP contribution in [0.1, 0.15) is 52.3 Å². The summed E-state index contributed by atoms with van der Waals surface area (Å²) in [6, 6.07) is 5.02. The summed E-state index contributed by atoms with van der Waals surface area (Å²) in [6.07, 6.45) is -1.66. The molecule has 0 atom stereocenters. The van der Waals surface area contributed by atoms with Crippen LogP contribution in [0.3, 0.4) is 0 Å². The highest BCUT2D eigenvalue weighted by atomic mass is 19.4. The number of amides is 1. The molecule has 0 fully saturated rings. The van der Waals surface area contributed by atoms with Crippen LogP contribution in [-0.4, -0.2) is 39.0 Å². The molecule has 1 amide bonds. The van der Waals surface area contributed by atoms with Gasteiger partial charge in [0.1, 0.15) is 0 Å². The molecule has 0 radical (unpaired) electrons. The number of aromatic nitrogens is 3. The summed E-state index contributed by atoms with van der Waals surface area (Å²) in [6.45, 7) is 7.56. The molecule has 12 heteroatoms. The first-order chi connectivity index (χ1) is 17.3. The van der Waals surface area contributed by atoms with Crippen molar-refractivity contribution in [2.24, 2.45) is 12.9 Å². The predicted octanol–water partition coefficient (Wildman–Crippen LogP) is 3.95. The van der Waals surface area contributed by atoms with Crippen LogP contribution < -0.4 is 21.5 Å². The van der Waals surface area contributed by atoms with E-state index in [-0.39, 0.29) is 36.1 Å². The third kappa shape index (κ3) is 6.92. The van der Waals surface area contributed by atoms with Crippen LogP contribution in [0.15, 0.2) is 36.7 Å². The van der Waals surface area contributed by atoms with Crippen LogP contribution in [0.5, 0.6) is 0 Å². The van der Waals surface area contributed by atoms with Gasteiger partial charge in [-0.15, -0.1) is 0 Å². The zero-order valence-corrected chi connectivity index (χ0v) is 21.4. The highest BCUT2D eigenvalue weighted by Gasteiger charge is 2.31. The molecular formula is C25H31F3N8O. The lowest BCUT2D eigenvalue weighted by molar-refractivity contribution is -0.137. The average Bonchev–Trinajstić information content (AvgIpc) is 3.15. The van der Waals surface area contributed by atoms with Crippen molar-refractivity contribution >= 4 is 23.0 Å². The van der Waals surface area contributed by atoms with E-state index in [2.05, 4.69) is 20.7 Å². The van der Waals surface area contributed by atoms with E-state index in [1.807, 2.05) is 20.8 Å². The molecular weight excluding hydrogens is 485 g/mol. The van der Waals surface area contributed by atoms with Crippen LogP contribution >= 0.6 is 0 Å². The molecule has 3 aromatic rings. The van der Waals surface area contributed by atoms with E-state index in [1.165, 1.54) is 23.3 Å². The van der Waals surface area contributed by atoms with Crippen LogP contribution in [0.4, 0.5) is 24.5 Å². The van der Waals surface area contributed by atoms with Gasteiger partial charge in [0.05, 0.1) is 41.0 Å². The van der Waals surface area contributed by atoms with Crippen molar-refractivity contribution in [3.8, 4) is 0 Å². The first-order valence-electron chi connectivity index (χ1n) is 11.6. The molecule has 0 unspecified atom stereocenters. The minimum Gasteiger partial charge on any atom is -0.322 e. The van der Waals surface area contributed by atoms with Crippen molar-refractivity contribution < 1.29 is 18.0 Å². The fourth-order valence-corrected chi connectivity index (χ4v) is 3.63. The summed E-state index contributed by atoms with van der Waals surface area (Å²) in [5, 5.41) is 19.5. The fraction of sp³-hybridized carbons (Fsp3) is 0.360. The molecule has 0 aliphatic carbocycles. The van der Waals surface area contributed by atoms with E-state index in [9.17, 15) is 18.0 Å². The molecule has 37 heavy (non-hydrogen) atoms. The number of aryl methyl sites for hydroxylation is 2. The molecule has 5 N–H and O–H groups in total. The highest BCUT2D eigenvalue weighted by molar-refractivity contribution is 6.05. The Balaban J connectivity index is 1.82. The number of anilines is 2. The largest absolute Gasteiger partial charge is 0.416 e. The molecule has 1 aromatic carbocycles. The average molecular weight is 517 g/mol. The van der Waals surface area contributed by atoms with Gasteiger partial charge in [-0.25, -0.2) is 5.84 Å².